The third-order valence-corrected chi connectivity index (χ3v) is 5.45. The molecule has 0 bridgehead atoms. The molecule has 28 heavy (non-hydrogen) atoms. The fourth-order valence-electron chi connectivity index (χ4n) is 3.86. The van der Waals surface area contributed by atoms with Gasteiger partial charge in [0.05, 0.1) is 25.3 Å². The summed E-state index contributed by atoms with van der Waals surface area (Å²) in [5.74, 6) is 1.36. The van der Waals surface area contributed by atoms with Crippen LogP contribution in [-0.4, -0.2) is 36.2 Å². The van der Waals surface area contributed by atoms with E-state index in [1.165, 1.54) is 19.0 Å². The summed E-state index contributed by atoms with van der Waals surface area (Å²) in [6, 6.07) is 8.32. The molecule has 0 amide bonds. The van der Waals surface area contributed by atoms with E-state index in [0.717, 1.165) is 31.4 Å². The van der Waals surface area contributed by atoms with Gasteiger partial charge in [-0.05, 0) is 49.3 Å². The third-order valence-electron chi connectivity index (χ3n) is 5.45. The number of fused-ring (bicyclic) bond motifs is 1. The number of nitrogens with two attached hydrogens (primary N) is 1. The van der Waals surface area contributed by atoms with Crippen molar-refractivity contribution in [3.05, 3.63) is 36.2 Å². The number of aromatic nitrogens is 2. The van der Waals surface area contributed by atoms with E-state index in [2.05, 4.69) is 22.1 Å². The van der Waals surface area contributed by atoms with Gasteiger partial charge in [0.15, 0.2) is 5.82 Å². The summed E-state index contributed by atoms with van der Waals surface area (Å²) in [5, 5.41) is 1.74. The Morgan fingerprint density at radius 1 is 1.18 bits per heavy atom. The number of rotatable bonds is 3. The number of anilines is 2. The first-order chi connectivity index (χ1) is 13.7. The fraction of sp³-hybridized carbons (Fsp3) is 0.450. The Bertz CT molecular complexity index is 835. The zero-order chi connectivity index (χ0) is 19.5. The number of ether oxygens (including phenoxy) is 2. The highest BCUT2D eigenvalue weighted by Crippen LogP contribution is 2.37. The molecule has 0 radical (unpaired) electrons. The number of nitrogens with zero attached hydrogens (tertiary/aromatic N) is 3. The van der Waals surface area contributed by atoms with E-state index in [9.17, 15) is 4.79 Å². The third kappa shape index (κ3) is 3.67. The van der Waals surface area contributed by atoms with E-state index in [1.807, 2.05) is 12.1 Å². The second-order valence-electron chi connectivity index (χ2n) is 7.10. The molecule has 1 fully saturated rings. The molecule has 148 valence electrons. The summed E-state index contributed by atoms with van der Waals surface area (Å²) in [4.78, 5) is 25.7. The van der Waals surface area contributed by atoms with Crippen LogP contribution < -0.4 is 20.4 Å². The Balaban J connectivity index is 1.44. The number of methoxy groups -OCH3 is 1. The van der Waals surface area contributed by atoms with Gasteiger partial charge < -0.3 is 20.0 Å². The molecule has 2 aliphatic rings. The zero-order valence-corrected chi connectivity index (χ0v) is 15.8. The molecule has 2 N–H and O–H groups in total. The van der Waals surface area contributed by atoms with Gasteiger partial charge in [0.1, 0.15) is 12.9 Å². The maximum Gasteiger partial charge on any atom is 0.308 e. The summed E-state index contributed by atoms with van der Waals surface area (Å²) < 4.78 is 10.5. The van der Waals surface area contributed by atoms with Crippen molar-refractivity contribution in [1.82, 2.24) is 9.97 Å². The van der Waals surface area contributed by atoms with Gasteiger partial charge in [-0.3, -0.25) is 4.79 Å². The molecule has 1 aromatic heterocycles. The smallest absolute Gasteiger partial charge is 0.308 e. The quantitative estimate of drug-likeness (QED) is 0.807. The zero-order valence-electron chi connectivity index (χ0n) is 15.8. The van der Waals surface area contributed by atoms with Crippen molar-refractivity contribution < 1.29 is 19.1 Å². The number of hydrogen-bond donors (Lipinski definition) is 1. The topological polar surface area (TPSA) is 99.8 Å². The maximum atomic E-state index is 11.7. The highest BCUT2D eigenvalue weighted by Gasteiger charge is 2.28. The van der Waals surface area contributed by atoms with Crippen molar-refractivity contribution in [3.8, 4) is 11.6 Å². The predicted molar refractivity (Wildman–Crippen MR) is 103 cm³/mol. The lowest BCUT2D eigenvalue weighted by Gasteiger charge is -2.28. The van der Waals surface area contributed by atoms with Crippen molar-refractivity contribution in [2.45, 2.75) is 31.6 Å². The largest absolute Gasteiger partial charge is 0.473 e. The van der Waals surface area contributed by atoms with Crippen LogP contribution in [-0.2, 0) is 9.53 Å². The minimum atomic E-state index is -0.0853. The number of hydroxylamine groups is 1. The second-order valence-corrected chi connectivity index (χ2v) is 7.10. The standard InChI is InChI=1S/C20H24N4O4/c1-26-20(25)15-4-2-13(3-5-15)14-6-8-16(9-7-14)24-10-11-27-19-17(28-24)18(21)22-12-23-19/h6-9,12-13,15H,2-5,10-11H2,1H3,(H2,21,22,23). The van der Waals surface area contributed by atoms with Crippen molar-refractivity contribution in [1.29, 1.82) is 0 Å². The summed E-state index contributed by atoms with van der Waals surface area (Å²) >= 11 is 0. The first kappa shape index (κ1) is 18.3. The Kier molecular flexibility index (Phi) is 5.18. The minimum absolute atomic E-state index is 0.0405. The molecule has 0 atom stereocenters. The molecular weight excluding hydrogens is 360 g/mol. The lowest BCUT2D eigenvalue weighted by molar-refractivity contribution is -0.146. The molecule has 8 heteroatoms. The van der Waals surface area contributed by atoms with E-state index in [0.29, 0.717) is 30.7 Å². The first-order valence-corrected chi connectivity index (χ1v) is 9.52. The number of nitrogen functional groups attached to an aromatic ring is 1. The van der Waals surface area contributed by atoms with E-state index in [1.54, 1.807) is 5.06 Å². The summed E-state index contributed by atoms with van der Waals surface area (Å²) in [7, 11) is 1.46. The number of carbonyl (C=O) groups is 1. The van der Waals surface area contributed by atoms with Crippen LogP contribution in [0.5, 0.6) is 11.6 Å². The van der Waals surface area contributed by atoms with Crippen LogP contribution in [0.15, 0.2) is 30.6 Å². The van der Waals surface area contributed by atoms with Crippen LogP contribution in [0.1, 0.15) is 37.2 Å². The van der Waals surface area contributed by atoms with E-state index in [-0.39, 0.29) is 17.7 Å². The number of esters is 1. The SMILES string of the molecule is COC(=O)C1CCC(c2ccc(N3CCOc4ncnc(N)c4O3)cc2)CC1. The molecule has 4 rings (SSSR count). The summed E-state index contributed by atoms with van der Waals surface area (Å²) in [5.41, 5.74) is 8.09. The van der Waals surface area contributed by atoms with Gasteiger partial charge in [-0.2, -0.15) is 4.98 Å². The summed E-state index contributed by atoms with van der Waals surface area (Å²) in [6.45, 7) is 0.974. The second kappa shape index (κ2) is 7.92. The fourth-order valence-corrected chi connectivity index (χ4v) is 3.86. The van der Waals surface area contributed by atoms with Crippen molar-refractivity contribution >= 4 is 17.5 Å². The molecule has 0 saturated heterocycles. The lowest BCUT2D eigenvalue weighted by atomic mass is 9.79. The van der Waals surface area contributed by atoms with Gasteiger partial charge in [-0.25, -0.2) is 10.0 Å². The molecule has 2 aromatic rings. The monoisotopic (exact) mass is 384 g/mol. The van der Waals surface area contributed by atoms with Crippen molar-refractivity contribution in [3.63, 3.8) is 0 Å². The van der Waals surface area contributed by atoms with Gasteiger partial charge in [0.25, 0.3) is 11.6 Å². The van der Waals surface area contributed by atoms with E-state index < -0.39 is 0 Å². The van der Waals surface area contributed by atoms with Crippen molar-refractivity contribution in [2.75, 3.05) is 31.1 Å². The van der Waals surface area contributed by atoms with Gasteiger partial charge in [-0.1, -0.05) is 12.1 Å². The molecular formula is C20H24N4O4. The van der Waals surface area contributed by atoms with Crippen LogP contribution in [0.25, 0.3) is 0 Å². The average Bonchev–Trinajstić information content (AvgIpc) is 2.97. The molecule has 1 aliphatic heterocycles. The van der Waals surface area contributed by atoms with Crippen LogP contribution in [0.2, 0.25) is 0 Å². The maximum absolute atomic E-state index is 11.7. The molecule has 2 heterocycles. The number of hydrogen-bond acceptors (Lipinski definition) is 8. The van der Waals surface area contributed by atoms with E-state index >= 15 is 0 Å². The molecule has 0 unspecified atom stereocenters. The Morgan fingerprint density at radius 3 is 2.64 bits per heavy atom. The van der Waals surface area contributed by atoms with Gasteiger partial charge >= 0.3 is 5.97 Å². The molecule has 1 saturated carbocycles. The first-order valence-electron chi connectivity index (χ1n) is 9.52. The Morgan fingerprint density at radius 2 is 1.93 bits per heavy atom. The van der Waals surface area contributed by atoms with Crippen LogP contribution in [0, 0.1) is 5.92 Å². The van der Waals surface area contributed by atoms with Crippen LogP contribution in [0.3, 0.4) is 0 Å². The summed E-state index contributed by atoms with van der Waals surface area (Å²) in [6.07, 6.45) is 5.10. The van der Waals surface area contributed by atoms with Gasteiger partial charge in [-0.15, -0.1) is 0 Å². The van der Waals surface area contributed by atoms with Gasteiger partial charge in [0.2, 0.25) is 0 Å². The molecule has 1 aliphatic carbocycles. The van der Waals surface area contributed by atoms with Crippen LogP contribution in [0.4, 0.5) is 11.5 Å². The molecule has 8 nitrogen and oxygen atoms in total. The van der Waals surface area contributed by atoms with Crippen molar-refractivity contribution in [2.24, 2.45) is 5.92 Å². The number of carbonyl (C=O) groups excluding carboxylic acids is 1. The highest BCUT2D eigenvalue weighted by molar-refractivity contribution is 5.72. The highest BCUT2D eigenvalue weighted by atomic mass is 16.7. The Labute approximate surface area is 163 Å². The lowest BCUT2D eigenvalue weighted by Crippen LogP contribution is -2.29. The predicted octanol–water partition coefficient (Wildman–Crippen LogP) is 2.70. The molecule has 0 spiro atoms. The normalized spacial score (nSPS) is 21.7. The molecule has 1 aromatic carbocycles. The Hall–Kier alpha value is -3.03. The average molecular weight is 384 g/mol. The van der Waals surface area contributed by atoms with E-state index in [4.69, 9.17) is 20.0 Å². The van der Waals surface area contributed by atoms with Gasteiger partial charge in [0, 0.05) is 0 Å². The minimum Gasteiger partial charge on any atom is -0.473 e. The number of benzene rings is 1. The van der Waals surface area contributed by atoms with Crippen LogP contribution >= 0.6 is 0 Å².